The largest absolute Gasteiger partial charge is 0.383 e. The first-order chi connectivity index (χ1) is 9.41. The second-order valence-electron chi connectivity index (χ2n) is 4.29. The fourth-order valence-corrected chi connectivity index (χ4v) is 1.39. The Morgan fingerprint density at radius 3 is 1.84 bits per heavy atom. The standard InChI is InChI=1S/C14H31NO4/c1-3-4-8-17-11-13-19-14-12-18-9-5-6-15-7-10-16-2/h15H,3-14H2,1-2H3. The Hall–Kier alpha value is -0.200. The van der Waals surface area contributed by atoms with Gasteiger partial charge in [0.2, 0.25) is 0 Å². The Labute approximate surface area is 117 Å². The molecule has 0 fully saturated rings. The second-order valence-corrected chi connectivity index (χ2v) is 4.29. The van der Waals surface area contributed by atoms with Gasteiger partial charge in [-0.3, -0.25) is 0 Å². The predicted octanol–water partition coefficient (Wildman–Crippen LogP) is 1.46. The van der Waals surface area contributed by atoms with Crippen molar-refractivity contribution in [1.29, 1.82) is 0 Å². The summed E-state index contributed by atoms with van der Waals surface area (Å²) in [6.45, 7) is 9.05. The smallest absolute Gasteiger partial charge is 0.0701 e. The Balaban J connectivity index is 2.88. The fourth-order valence-electron chi connectivity index (χ4n) is 1.39. The molecule has 0 aromatic heterocycles. The number of methoxy groups -OCH3 is 1. The molecule has 0 atom stereocenters. The van der Waals surface area contributed by atoms with Gasteiger partial charge >= 0.3 is 0 Å². The molecule has 5 heteroatoms. The summed E-state index contributed by atoms with van der Waals surface area (Å²) in [5.74, 6) is 0. The van der Waals surface area contributed by atoms with Crippen LogP contribution in [0.25, 0.3) is 0 Å². The number of ether oxygens (including phenoxy) is 4. The van der Waals surface area contributed by atoms with Crippen molar-refractivity contribution in [2.24, 2.45) is 0 Å². The van der Waals surface area contributed by atoms with Crippen LogP contribution >= 0.6 is 0 Å². The molecule has 0 aliphatic heterocycles. The van der Waals surface area contributed by atoms with E-state index in [9.17, 15) is 0 Å². The molecule has 0 spiro atoms. The summed E-state index contributed by atoms with van der Waals surface area (Å²) < 4.78 is 21.2. The van der Waals surface area contributed by atoms with Crippen LogP contribution in [0.15, 0.2) is 0 Å². The van der Waals surface area contributed by atoms with E-state index in [-0.39, 0.29) is 0 Å². The van der Waals surface area contributed by atoms with E-state index in [2.05, 4.69) is 12.2 Å². The van der Waals surface area contributed by atoms with Gasteiger partial charge in [0.25, 0.3) is 0 Å². The maximum atomic E-state index is 5.45. The summed E-state index contributed by atoms with van der Waals surface area (Å²) in [6, 6.07) is 0. The fraction of sp³-hybridized carbons (Fsp3) is 1.00. The molecular weight excluding hydrogens is 246 g/mol. The molecule has 0 unspecified atom stereocenters. The van der Waals surface area contributed by atoms with Crippen molar-refractivity contribution < 1.29 is 18.9 Å². The zero-order valence-corrected chi connectivity index (χ0v) is 12.6. The molecule has 0 aromatic rings. The molecule has 116 valence electrons. The zero-order valence-electron chi connectivity index (χ0n) is 12.6. The van der Waals surface area contributed by atoms with Gasteiger partial charge in [0.15, 0.2) is 0 Å². The predicted molar refractivity (Wildman–Crippen MR) is 76.7 cm³/mol. The average molecular weight is 277 g/mol. The molecule has 0 aliphatic rings. The summed E-state index contributed by atoms with van der Waals surface area (Å²) in [5, 5.41) is 3.27. The number of rotatable bonds is 16. The average Bonchev–Trinajstić information content (AvgIpc) is 2.43. The summed E-state index contributed by atoms with van der Waals surface area (Å²) in [5.41, 5.74) is 0. The minimum Gasteiger partial charge on any atom is -0.383 e. The number of nitrogens with one attached hydrogen (secondary N) is 1. The third kappa shape index (κ3) is 17.8. The molecule has 0 amide bonds. The van der Waals surface area contributed by atoms with Crippen LogP contribution in [0, 0.1) is 0 Å². The molecule has 5 nitrogen and oxygen atoms in total. The lowest BCUT2D eigenvalue weighted by Gasteiger charge is -2.07. The Morgan fingerprint density at radius 1 is 0.684 bits per heavy atom. The minimum atomic E-state index is 0.647. The second kappa shape index (κ2) is 17.8. The third-order valence-electron chi connectivity index (χ3n) is 2.51. The molecular formula is C14H31NO4. The monoisotopic (exact) mass is 277 g/mol. The lowest BCUT2D eigenvalue weighted by molar-refractivity contribution is 0.0137. The van der Waals surface area contributed by atoms with Gasteiger partial charge in [-0.25, -0.2) is 0 Å². The lowest BCUT2D eigenvalue weighted by atomic mass is 10.4. The van der Waals surface area contributed by atoms with Crippen LogP contribution in [0.2, 0.25) is 0 Å². The van der Waals surface area contributed by atoms with Gasteiger partial charge in [0.05, 0.1) is 33.0 Å². The number of hydrogen-bond donors (Lipinski definition) is 1. The molecule has 0 saturated heterocycles. The van der Waals surface area contributed by atoms with Crippen molar-refractivity contribution >= 4 is 0 Å². The highest BCUT2D eigenvalue weighted by molar-refractivity contribution is 4.46. The Bertz CT molecular complexity index is 142. The molecule has 0 heterocycles. The van der Waals surface area contributed by atoms with Crippen molar-refractivity contribution in [3.63, 3.8) is 0 Å². The van der Waals surface area contributed by atoms with Gasteiger partial charge in [-0.1, -0.05) is 13.3 Å². The van der Waals surface area contributed by atoms with Crippen molar-refractivity contribution in [3.8, 4) is 0 Å². The highest BCUT2D eigenvalue weighted by atomic mass is 16.5. The molecule has 1 N–H and O–H groups in total. The van der Waals surface area contributed by atoms with Crippen LogP contribution in [-0.4, -0.2) is 66.4 Å². The topological polar surface area (TPSA) is 49.0 Å². The molecule has 0 rings (SSSR count). The third-order valence-corrected chi connectivity index (χ3v) is 2.51. The van der Waals surface area contributed by atoms with Crippen LogP contribution in [0.1, 0.15) is 26.2 Å². The van der Waals surface area contributed by atoms with Crippen molar-refractivity contribution in [3.05, 3.63) is 0 Å². The van der Waals surface area contributed by atoms with E-state index in [1.54, 1.807) is 7.11 Å². The molecule has 0 bridgehead atoms. The van der Waals surface area contributed by atoms with Crippen molar-refractivity contribution in [2.75, 3.05) is 66.4 Å². The van der Waals surface area contributed by atoms with Gasteiger partial charge in [-0.05, 0) is 19.4 Å². The quantitative estimate of drug-likeness (QED) is 0.433. The molecule has 0 radical (unpaired) electrons. The van der Waals surface area contributed by atoms with Gasteiger partial charge in [0.1, 0.15) is 0 Å². The highest BCUT2D eigenvalue weighted by Gasteiger charge is 1.92. The molecule has 19 heavy (non-hydrogen) atoms. The van der Waals surface area contributed by atoms with Gasteiger partial charge < -0.3 is 24.3 Å². The lowest BCUT2D eigenvalue weighted by Crippen LogP contribution is -2.21. The van der Waals surface area contributed by atoms with Crippen molar-refractivity contribution in [1.82, 2.24) is 5.32 Å². The van der Waals surface area contributed by atoms with Crippen LogP contribution in [0.4, 0.5) is 0 Å². The summed E-state index contributed by atoms with van der Waals surface area (Å²) in [7, 11) is 1.71. The minimum absolute atomic E-state index is 0.647. The molecule has 0 saturated carbocycles. The van der Waals surface area contributed by atoms with E-state index in [0.29, 0.717) is 26.4 Å². The van der Waals surface area contributed by atoms with Crippen LogP contribution in [0.3, 0.4) is 0 Å². The van der Waals surface area contributed by atoms with E-state index in [1.165, 1.54) is 6.42 Å². The Morgan fingerprint density at radius 2 is 1.26 bits per heavy atom. The van der Waals surface area contributed by atoms with Crippen LogP contribution in [-0.2, 0) is 18.9 Å². The molecule has 0 aromatic carbocycles. The summed E-state index contributed by atoms with van der Waals surface area (Å²) in [4.78, 5) is 0. The van der Waals surface area contributed by atoms with Crippen LogP contribution < -0.4 is 5.32 Å². The van der Waals surface area contributed by atoms with E-state index in [0.717, 1.165) is 45.8 Å². The first-order valence-corrected chi connectivity index (χ1v) is 7.34. The van der Waals surface area contributed by atoms with Gasteiger partial charge in [-0.2, -0.15) is 0 Å². The summed E-state index contributed by atoms with van der Waals surface area (Å²) in [6.07, 6.45) is 3.32. The Kier molecular flexibility index (Phi) is 17.6. The number of unbranched alkanes of at least 4 members (excludes halogenated alkanes) is 1. The van der Waals surface area contributed by atoms with E-state index >= 15 is 0 Å². The maximum absolute atomic E-state index is 5.45. The first-order valence-electron chi connectivity index (χ1n) is 7.34. The summed E-state index contributed by atoms with van der Waals surface area (Å²) >= 11 is 0. The van der Waals surface area contributed by atoms with Crippen molar-refractivity contribution in [2.45, 2.75) is 26.2 Å². The molecule has 0 aliphatic carbocycles. The number of hydrogen-bond acceptors (Lipinski definition) is 5. The zero-order chi connectivity index (χ0) is 14.0. The normalized spacial score (nSPS) is 11.1. The van der Waals surface area contributed by atoms with Gasteiger partial charge in [-0.15, -0.1) is 0 Å². The van der Waals surface area contributed by atoms with E-state index < -0.39 is 0 Å². The maximum Gasteiger partial charge on any atom is 0.0701 e. The van der Waals surface area contributed by atoms with Crippen LogP contribution in [0.5, 0.6) is 0 Å². The SMILES string of the molecule is CCCCOCCOCCOCCCNCCOC. The highest BCUT2D eigenvalue weighted by Crippen LogP contribution is 1.88. The van der Waals surface area contributed by atoms with E-state index in [4.69, 9.17) is 18.9 Å². The van der Waals surface area contributed by atoms with E-state index in [1.807, 2.05) is 0 Å². The van der Waals surface area contributed by atoms with Gasteiger partial charge in [0, 0.05) is 26.9 Å². The first kappa shape index (κ1) is 18.8.